The monoisotopic (exact) mass is 274 g/mol. The second-order valence-corrected chi connectivity index (χ2v) is 3.68. The van der Waals surface area contributed by atoms with Gasteiger partial charge in [0.15, 0.2) is 0 Å². The molecule has 5 nitrogen and oxygen atoms in total. The molecule has 5 heteroatoms. The number of carbonyl (C=O) groups excluding carboxylic acids is 1. The van der Waals surface area contributed by atoms with E-state index in [1.807, 2.05) is 0 Å². The van der Waals surface area contributed by atoms with Crippen molar-refractivity contribution in [3.05, 3.63) is 65.7 Å². The molecule has 0 amide bonds. The van der Waals surface area contributed by atoms with Crippen LogP contribution in [0.3, 0.4) is 0 Å². The largest absolute Gasteiger partial charge is 0.507 e. The van der Waals surface area contributed by atoms with Crippen LogP contribution >= 0.6 is 0 Å². The maximum absolute atomic E-state index is 10.9. The van der Waals surface area contributed by atoms with Gasteiger partial charge in [-0.05, 0) is 24.3 Å². The Hall–Kier alpha value is -2.82. The van der Waals surface area contributed by atoms with Crippen molar-refractivity contribution in [3.63, 3.8) is 0 Å². The van der Waals surface area contributed by atoms with Crippen molar-refractivity contribution in [1.82, 2.24) is 0 Å². The van der Waals surface area contributed by atoms with Crippen LogP contribution in [0.2, 0.25) is 0 Å². The Kier molecular flexibility index (Phi) is 5.77. The summed E-state index contributed by atoms with van der Waals surface area (Å²) in [6, 6.07) is 14.5. The summed E-state index contributed by atoms with van der Waals surface area (Å²) in [7, 11) is 1.27. The van der Waals surface area contributed by atoms with Gasteiger partial charge in [-0.2, -0.15) is 0 Å². The number of aromatic carboxylic acids is 1. The van der Waals surface area contributed by atoms with Gasteiger partial charge in [-0.25, -0.2) is 9.59 Å². The van der Waals surface area contributed by atoms with E-state index in [0.717, 1.165) is 0 Å². The average molecular weight is 274 g/mol. The molecule has 0 atom stereocenters. The third-order valence-corrected chi connectivity index (χ3v) is 2.33. The van der Waals surface area contributed by atoms with Crippen LogP contribution in [-0.2, 0) is 4.74 Å². The van der Waals surface area contributed by atoms with Gasteiger partial charge >= 0.3 is 11.9 Å². The highest BCUT2D eigenvalue weighted by Crippen LogP contribution is 2.15. The van der Waals surface area contributed by atoms with E-state index in [-0.39, 0.29) is 11.3 Å². The zero-order valence-electron chi connectivity index (χ0n) is 10.8. The van der Waals surface area contributed by atoms with Crippen LogP contribution in [0.15, 0.2) is 54.6 Å². The fraction of sp³-hybridized carbons (Fsp3) is 0.0667. The molecule has 0 radical (unpaired) electrons. The lowest BCUT2D eigenvalue weighted by Gasteiger charge is -1.99. The van der Waals surface area contributed by atoms with E-state index in [9.17, 15) is 9.59 Å². The van der Waals surface area contributed by atoms with Crippen molar-refractivity contribution in [3.8, 4) is 5.75 Å². The topological polar surface area (TPSA) is 83.8 Å². The number of ether oxygens (including phenoxy) is 1. The normalized spacial score (nSPS) is 9.05. The molecule has 0 heterocycles. The van der Waals surface area contributed by atoms with Crippen molar-refractivity contribution in [2.24, 2.45) is 0 Å². The number of carbonyl (C=O) groups is 2. The van der Waals surface area contributed by atoms with Gasteiger partial charge in [0.2, 0.25) is 0 Å². The fourth-order valence-corrected chi connectivity index (χ4v) is 1.34. The number of rotatable bonds is 2. The van der Waals surface area contributed by atoms with Crippen LogP contribution in [0.4, 0.5) is 0 Å². The van der Waals surface area contributed by atoms with E-state index >= 15 is 0 Å². The zero-order valence-corrected chi connectivity index (χ0v) is 10.8. The van der Waals surface area contributed by atoms with Crippen LogP contribution in [-0.4, -0.2) is 29.3 Å². The molecule has 2 aromatic carbocycles. The lowest BCUT2D eigenvalue weighted by atomic mass is 10.2. The van der Waals surface area contributed by atoms with Crippen LogP contribution in [0.5, 0.6) is 5.75 Å². The van der Waals surface area contributed by atoms with E-state index in [1.54, 1.807) is 42.5 Å². The molecule has 0 aliphatic rings. The number of carboxylic acids is 1. The molecule has 20 heavy (non-hydrogen) atoms. The summed E-state index contributed by atoms with van der Waals surface area (Å²) in [4.78, 5) is 21.1. The Morgan fingerprint density at radius 1 is 0.950 bits per heavy atom. The Morgan fingerprint density at radius 3 is 1.95 bits per heavy atom. The standard InChI is InChI=1S/C8H8O3.C7H6O2/c1-11-8(10)6-4-2-3-5-7(6)9;8-7(9)6-4-2-1-3-5-6/h2-5,9H,1H3;1-5H,(H,8,9). The number of esters is 1. The maximum Gasteiger partial charge on any atom is 0.341 e. The molecular formula is C15H14O5. The number of aromatic hydroxyl groups is 1. The van der Waals surface area contributed by atoms with Gasteiger partial charge in [0.05, 0.1) is 12.7 Å². The van der Waals surface area contributed by atoms with Gasteiger partial charge in [0.1, 0.15) is 11.3 Å². The van der Waals surface area contributed by atoms with E-state index in [0.29, 0.717) is 5.56 Å². The van der Waals surface area contributed by atoms with Crippen molar-refractivity contribution in [2.45, 2.75) is 0 Å². The van der Waals surface area contributed by atoms with Crippen LogP contribution in [0.25, 0.3) is 0 Å². The minimum Gasteiger partial charge on any atom is -0.507 e. The first-order chi connectivity index (χ1) is 9.56. The van der Waals surface area contributed by atoms with Gasteiger partial charge in [-0.1, -0.05) is 30.3 Å². The van der Waals surface area contributed by atoms with E-state index in [1.165, 1.54) is 19.2 Å². The molecule has 0 aromatic heterocycles. The van der Waals surface area contributed by atoms with E-state index in [4.69, 9.17) is 10.2 Å². The number of carboxylic acid groups (broad SMARTS) is 1. The predicted octanol–water partition coefficient (Wildman–Crippen LogP) is 2.56. The molecular weight excluding hydrogens is 260 g/mol. The first kappa shape index (κ1) is 15.2. The predicted molar refractivity (Wildman–Crippen MR) is 72.8 cm³/mol. The molecule has 0 saturated heterocycles. The molecule has 0 fully saturated rings. The fourth-order valence-electron chi connectivity index (χ4n) is 1.34. The highest BCUT2D eigenvalue weighted by molar-refractivity contribution is 5.92. The lowest BCUT2D eigenvalue weighted by molar-refractivity contribution is 0.0596. The second kappa shape index (κ2) is 7.58. The summed E-state index contributed by atoms with van der Waals surface area (Å²) < 4.78 is 4.42. The Morgan fingerprint density at radius 2 is 1.50 bits per heavy atom. The second-order valence-electron chi connectivity index (χ2n) is 3.68. The Balaban J connectivity index is 0.000000204. The highest BCUT2D eigenvalue weighted by Gasteiger charge is 2.08. The summed E-state index contributed by atoms with van der Waals surface area (Å²) in [5.41, 5.74) is 0.521. The Bertz CT molecular complexity index is 578. The average Bonchev–Trinajstić information content (AvgIpc) is 2.48. The molecule has 0 aliphatic heterocycles. The number of phenolic OH excluding ortho intramolecular Hbond substituents is 1. The van der Waals surface area contributed by atoms with Crippen molar-refractivity contribution in [1.29, 1.82) is 0 Å². The first-order valence-electron chi connectivity index (χ1n) is 5.71. The van der Waals surface area contributed by atoms with Crippen molar-refractivity contribution in [2.75, 3.05) is 7.11 Å². The SMILES string of the molecule is COC(=O)c1ccccc1O.O=C(O)c1ccccc1. The van der Waals surface area contributed by atoms with Crippen molar-refractivity contribution >= 4 is 11.9 Å². The zero-order chi connectivity index (χ0) is 15.0. The van der Waals surface area contributed by atoms with Gasteiger partial charge in [-0.3, -0.25) is 0 Å². The molecule has 0 spiro atoms. The number of methoxy groups -OCH3 is 1. The quantitative estimate of drug-likeness (QED) is 0.822. The van der Waals surface area contributed by atoms with E-state index in [2.05, 4.69) is 4.74 Å². The summed E-state index contributed by atoms with van der Waals surface area (Å²) >= 11 is 0. The van der Waals surface area contributed by atoms with Gasteiger partial charge < -0.3 is 14.9 Å². The minimum atomic E-state index is -0.879. The minimum absolute atomic E-state index is 0.0562. The maximum atomic E-state index is 10.9. The van der Waals surface area contributed by atoms with E-state index < -0.39 is 11.9 Å². The first-order valence-corrected chi connectivity index (χ1v) is 5.71. The molecule has 2 aromatic rings. The van der Waals surface area contributed by atoms with Crippen LogP contribution in [0.1, 0.15) is 20.7 Å². The molecule has 0 saturated carbocycles. The molecule has 104 valence electrons. The summed E-state index contributed by atoms with van der Waals surface area (Å²) in [5, 5.41) is 17.5. The summed E-state index contributed by atoms with van der Waals surface area (Å²) in [5.74, 6) is -1.46. The number of benzene rings is 2. The third-order valence-electron chi connectivity index (χ3n) is 2.33. The molecule has 0 unspecified atom stereocenters. The molecule has 0 aliphatic carbocycles. The Labute approximate surface area is 116 Å². The van der Waals surface area contributed by atoms with Gasteiger partial charge in [0, 0.05) is 0 Å². The number of phenols is 1. The number of hydrogen-bond donors (Lipinski definition) is 2. The lowest BCUT2D eigenvalue weighted by Crippen LogP contribution is -2.00. The summed E-state index contributed by atoms with van der Waals surface area (Å²) in [6.45, 7) is 0. The third kappa shape index (κ3) is 4.45. The smallest absolute Gasteiger partial charge is 0.341 e. The van der Waals surface area contributed by atoms with Crippen LogP contribution in [0, 0.1) is 0 Å². The number of hydrogen-bond acceptors (Lipinski definition) is 4. The summed E-state index contributed by atoms with van der Waals surface area (Å²) in [6.07, 6.45) is 0. The van der Waals surface area contributed by atoms with Gasteiger partial charge in [0.25, 0.3) is 0 Å². The molecule has 2 rings (SSSR count). The molecule has 2 N–H and O–H groups in total. The highest BCUT2D eigenvalue weighted by atomic mass is 16.5. The van der Waals surface area contributed by atoms with Crippen molar-refractivity contribution < 1.29 is 24.5 Å². The number of para-hydroxylation sites is 1. The van der Waals surface area contributed by atoms with Crippen LogP contribution < -0.4 is 0 Å². The molecule has 0 bridgehead atoms. The van der Waals surface area contributed by atoms with Gasteiger partial charge in [-0.15, -0.1) is 0 Å².